The third-order valence-corrected chi connectivity index (χ3v) is 4.14. The number of H-pyrrole nitrogens is 1. The molecule has 0 saturated heterocycles. The molecule has 0 atom stereocenters. The monoisotopic (exact) mass is 400 g/mol. The number of nitrogens with zero attached hydrogens (tertiary/aromatic N) is 2. The molecule has 30 heavy (non-hydrogen) atoms. The molecule has 2 heterocycles. The Bertz CT molecular complexity index is 1070. The highest BCUT2D eigenvalue weighted by Crippen LogP contribution is 2.20. The summed E-state index contributed by atoms with van der Waals surface area (Å²) in [6.45, 7) is 0.347. The Morgan fingerprint density at radius 3 is 2.50 bits per heavy atom. The first-order valence-electron chi connectivity index (χ1n) is 9.55. The topological polar surface area (TPSA) is 79.9 Å². The van der Waals surface area contributed by atoms with Crippen LogP contribution < -0.4 is 10.1 Å². The SMILES string of the molecule is CNC.O=C/C(=C/c1cccnc1)c1ccc(OCc2nc3ccccc3[nH]2)cc1. The van der Waals surface area contributed by atoms with Crippen LogP contribution in [0.2, 0.25) is 0 Å². The highest BCUT2D eigenvalue weighted by Gasteiger charge is 2.05. The second-order valence-electron chi connectivity index (χ2n) is 6.52. The standard InChI is InChI=1S/C22H17N3O2.C2H7N/c26-14-18(12-16-4-3-11-23-13-16)17-7-9-19(10-8-17)27-15-22-24-20-5-1-2-6-21(20)25-22;1-3-2/h1-14H,15H2,(H,24,25);3H,1-2H3/b18-12-;. The maximum absolute atomic E-state index is 11.5. The molecule has 0 bridgehead atoms. The molecule has 0 aliphatic heterocycles. The number of aromatic nitrogens is 3. The molecular formula is C24H24N4O2. The fourth-order valence-electron chi connectivity index (χ4n) is 2.80. The molecule has 152 valence electrons. The summed E-state index contributed by atoms with van der Waals surface area (Å²) in [5.74, 6) is 1.48. The number of hydrogen-bond donors (Lipinski definition) is 2. The predicted molar refractivity (Wildman–Crippen MR) is 120 cm³/mol. The maximum atomic E-state index is 11.5. The van der Waals surface area contributed by atoms with Gasteiger partial charge in [0.1, 0.15) is 18.2 Å². The minimum atomic E-state index is 0.347. The van der Waals surface area contributed by atoms with Gasteiger partial charge in [-0.3, -0.25) is 9.78 Å². The van der Waals surface area contributed by atoms with Crippen LogP contribution in [0.15, 0.2) is 73.1 Å². The van der Waals surface area contributed by atoms with Gasteiger partial charge in [0.05, 0.1) is 11.0 Å². The fraction of sp³-hybridized carbons (Fsp3) is 0.125. The Hall–Kier alpha value is -3.77. The largest absolute Gasteiger partial charge is 0.486 e. The van der Waals surface area contributed by atoms with E-state index in [2.05, 4.69) is 20.3 Å². The lowest BCUT2D eigenvalue weighted by Crippen LogP contribution is -1.97. The van der Waals surface area contributed by atoms with E-state index in [1.807, 2.05) is 80.8 Å². The molecule has 4 rings (SSSR count). The third kappa shape index (κ3) is 5.62. The summed E-state index contributed by atoms with van der Waals surface area (Å²) >= 11 is 0. The number of rotatable bonds is 6. The van der Waals surface area contributed by atoms with Crippen molar-refractivity contribution in [2.24, 2.45) is 0 Å². The van der Waals surface area contributed by atoms with Gasteiger partial charge in [0.25, 0.3) is 0 Å². The lowest BCUT2D eigenvalue weighted by Gasteiger charge is -2.06. The van der Waals surface area contributed by atoms with E-state index in [1.165, 1.54) is 0 Å². The number of carbonyl (C=O) groups is 1. The lowest BCUT2D eigenvalue weighted by molar-refractivity contribution is -0.103. The number of benzene rings is 2. The summed E-state index contributed by atoms with van der Waals surface area (Å²) in [5.41, 5.74) is 4.20. The van der Waals surface area contributed by atoms with Crippen LogP contribution in [0, 0.1) is 0 Å². The number of ether oxygens (including phenoxy) is 1. The Kier molecular flexibility index (Phi) is 7.46. The molecule has 6 nitrogen and oxygen atoms in total. The average Bonchev–Trinajstić information content (AvgIpc) is 3.21. The van der Waals surface area contributed by atoms with Crippen LogP contribution in [0.25, 0.3) is 22.7 Å². The zero-order valence-corrected chi connectivity index (χ0v) is 17.0. The number of allylic oxidation sites excluding steroid dienone is 1. The Morgan fingerprint density at radius 1 is 1.07 bits per heavy atom. The van der Waals surface area contributed by atoms with Crippen molar-refractivity contribution < 1.29 is 9.53 Å². The molecular weight excluding hydrogens is 376 g/mol. The van der Waals surface area contributed by atoms with Crippen LogP contribution in [-0.2, 0) is 11.4 Å². The van der Waals surface area contributed by atoms with E-state index in [4.69, 9.17) is 4.74 Å². The first kappa shape index (κ1) is 21.0. The van der Waals surface area contributed by atoms with Crippen LogP contribution in [0.5, 0.6) is 5.75 Å². The summed E-state index contributed by atoms with van der Waals surface area (Å²) in [7, 11) is 3.75. The fourth-order valence-corrected chi connectivity index (χ4v) is 2.80. The van der Waals surface area contributed by atoms with Crippen molar-refractivity contribution in [2.45, 2.75) is 6.61 Å². The van der Waals surface area contributed by atoms with Crippen molar-refractivity contribution in [2.75, 3.05) is 14.1 Å². The summed E-state index contributed by atoms with van der Waals surface area (Å²) < 4.78 is 5.80. The Labute approximate surface area is 175 Å². The molecule has 0 spiro atoms. The van der Waals surface area contributed by atoms with Gasteiger partial charge in [-0.05, 0) is 61.6 Å². The molecule has 2 aromatic carbocycles. The highest BCUT2D eigenvalue weighted by atomic mass is 16.5. The van der Waals surface area contributed by atoms with Gasteiger partial charge in [-0.2, -0.15) is 0 Å². The van der Waals surface area contributed by atoms with Crippen LogP contribution in [-0.4, -0.2) is 35.3 Å². The van der Waals surface area contributed by atoms with E-state index < -0.39 is 0 Å². The zero-order valence-electron chi connectivity index (χ0n) is 17.0. The molecule has 0 aliphatic rings. The van der Waals surface area contributed by atoms with E-state index in [-0.39, 0.29) is 0 Å². The Balaban J connectivity index is 0.000000806. The first-order chi connectivity index (χ1) is 14.7. The predicted octanol–water partition coefficient (Wildman–Crippen LogP) is 4.11. The number of carbonyl (C=O) groups excluding carboxylic acids is 1. The summed E-state index contributed by atoms with van der Waals surface area (Å²) in [6.07, 6.45) is 6.07. The quantitative estimate of drug-likeness (QED) is 0.376. The second kappa shape index (κ2) is 10.7. The van der Waals surface area contributed by atoms with Crippen molar-refractivity contribution in [1.29, 1.82) is 0 Å². The zero-order chi connectivity index (χ0) is 21.2. The van der Waals surface area contributed by atoms with Crippen molar-refractivity contribution in [3.05, 3.63) is 90.0 Å². The molecule has 0 aliphatic carbocycles. The number of imidazole rings is 1. The van der Waals surface area contributed by atoms with E-state index >= 15 is 0 Å². The Morgan fingerprint density at radius 2 is 1.83 bits per heavy atom. The number of nitrogens with one attached hydrogen (secondary N) is 2. The van der Waals surface area contributed by atoms with Gasteiger partial charge >= 0.3 is 0 Å². The lowest BCUT2D eigenvalue weighted by atomic mass is 10.0. The van der Waals surface area contributed by atoms with Crippen molar-refractivity contribution in [3.8, 4) is 5.75 Å². The van der Waals surface area contributed by atoms with Crippen LogP contribution in [0.4, 0.5) is 0 Å². The third-order valence-electron chi connectivity index (χ3n) is 4.14. The van der Waals surface area contributed by atoms with Gasteiger partial charge < -0.3 is 15.0 Å². The molecule has 0 radical (unpaired) electrons. The number of fused-ring (bicyclic) bond motifs is 1. The molecule has 0 amide bonds. The molecule has 4 aromatic rings. The van der Waals surface area contributed by atoms with Crippen molar-refractivity contribution in [3.63, 3.8) is 0 Å². The van der Waals surface area contributed by atoms with Crippen LogP contribution in [0.1, 0.15) is 17.0 Å². The van der Waals surface area contributed by atoms with Gasteiger partial charge in [0.2, 0.25) is 0 Å². The molecule has 2 N–H and O–H groups in total. The number of hydrogen-bond acceptors (Lipinski definition) is 5. The molecule has 2 aromatic heterocycles. The molecule has 0 unspecified atom stereocenters. The average molecular weight is 400 g/mol. The number of pyridine rings is 1. The van der Waals surface area contributed by atoms with E-state index in [0.717, 1.165) is 34.3 Å². The molecule has 0 saturated carbocycles. The van der Waals surface area contributed by atoms with Gasteiger partial charge in [0.15, 0.2) is 6.29 Å². The normalized spacial score (nSPS) is 10.9. The second-order valence-corrected chi connectivity index (χ2v) is 6.52. The summed E-state index contributed by atoms with van der Waals surface area (Å²) in [4.78, 5) is 23.2. The smallest absolute Gasteiger partial charge is 0.150 e. The minimum absolute atomic E-state index is 0.347. The minimum Gasteiger partial charge on any atom is -0.486 e. The number of aldehydes is 1. The van der Waals surface area contributed by atoms with Crippen LogP contribution in [0.3, 0.4) is 0 Å². The van der Waals surface area contributed by atoms with Crippen LogP contribution >= 0.6 is 0 Å². The maximum Gasteiger partial charge on any atom is 0.150 e. The van der Waals surface area contributed by atoms with Gasteiger partial charge in [-0.25, -0.2) is 4.98 Å². The van der Waals surface area contributed by atoms with E-state index in [1.54, 1.807) is 12.4 Å². The molecule has 6 heteroatoms. The summed E-state index contributed by atoms with van der Waals surface area (Å²) in [5, 5.41) is 2.75. The van der Waals surface area contributed by atoms with Gasteiger partial charge in [-0.15, -0.1) is 0 Å². The van der Waals surface area contributed by atoms with Gasteiger partial charge in [-0.1, -0.05) is 30.3 Å². The number of aromatic amines is 1. The number of para-hydroxylation sites is 2. The van der Waals surface area contributed by atoms with E-state index in [9.17, 15) is 4.79 Å². The van der Waals surface area contributed by atoms with Gasteiger partial charge in [0, 0.05) is 18.0 Å². The molecule has 0 fully saturated rings. The van der Waals surface area contributed by atoms with Crippen molar-refractivity contribution in [1.82, 2.24) is 20.3 Å². The summed E-state index contributed by atoms with van der Waals surface area (Å²) in [6, 6.07) is 19.0. The van der Waals surface area contributed by atoms with Crippen molar-refractivity contribution >= 4 is 29.0 Å². The van der Waals surface area contributed by atoms with E-state index in [0.29, 0.717) is 17.9 Å². The highest BCUT2D eigenvalue weighted by molar-refractivity contribution is 6.13. The first-order valence-corrected chi connectivity index (χ1v) is 9.55.